The Labute approximate surface area is 236 Å². The van der Waals surface area contributed by atoms with Crippen LogP contribution in [0.3, 0.4) is 0 Å². The number of ether oxygens (including phenoxy) is 2. The minimum Gasteiger partial charge on any atom is -0.481 e. The van der Waals surface area contributed by atoms with Gasteiger partial charge in [-0.05, 0) is 38.5 Å². The highest BCUT2D eigenvalue weighted by atomic mass is 16.5. The Morgan fingerprint density at radius 3 is 1.90 bits per heavy atom. The smallest absolute Gasteiger partial charge is 0.306 e. The molecule has 3 atom stereocenters. The minimum absolute atomic E-state index is 0.0457. The molecule has 0 aliphatic heterocycles. The molecule has 0 saturated carbocycles. The predicted octanol–water partition coefficient (Wildman–Crippen LogP) is 2.18. The molecule has 0 aromatic rings. The maximum absolute atomic E-state index is 12.4. The molecule has 0 spiro atoms. The highest BCUT2D eigenvalue weighted by molar-refractivity contribution is 5.87. The molecule has 12 nitrogen and oxygen atoms in total. The van der Waals surface area contributed by atoms with Crippen molar-refractivity contribution in [3.05, 3.63) is 0 Å². The first-order chi connectivity index (χ1) is 19.0. The third-order valence-electron chi connectivity index (χ3n) is 6.53. The summed E-state index contributed by atoms with van der Waals surface area (Å²) in [5.41, 5.74) is 0. The molecule has 0 saturated heterocycles. The van der Waals surface area contributed by atoms with Crippen molar-refractivity contribution in [3.8, 4) is 0 Å². The lowest BCUT2D eigenvalue weighted by Gasteiger charge is -2.14. The van der Waals surface area contributed by atoms with Gasteiger partial charge in [-0.3, -0.25) is 28.8 Å². The number of amides is 1. The minimum atomic E-state index is -1.22. The Morgan fingerprint density at radius 1 is 0.725 bits per heavy atom. The van der Waals surface area contributed by atoms with Crippen molar-refractivity contribution in [3.63, 3.8) is 0 Å². The van der Waals surface area contributed by atoms with Gasteiger partial charge in [0.05, 0.1) is 25.0 Å². The van der Waals surface area contributed by atoms with E-state index in [1.165, 1.54) is 0 Å². The molecule has 0 aliphatic carbocycles. The Hall–Kier alpha value is -2.70. The number of aliphatic hydroxyl groups is 1. The number of aliphatic carboxylic acids is 2. The molecule has 4 N–H and O–H groups in total. The van der Waals surface area contributed by atoms with Crippen LogP contribution in [-0.4, -0.2) is 90.1 Å². The van der Waals surface area contributed by atoms with Crippen molar-refractivity contribution in [1.82, 2.24) is 5.32 Å². The van der Waals surface area contributed by atoms with Gasteiger partial charge in [-0.2, -0.15) is 0 Å². The second-order valence-corrected chi connectivity index (χ2v) is 9.87. The highest BCUT2D eigenvalue weighted by Gasteiger charge is 2.25. The van der Waals surface area contributed by atoms with Gasteiger partial charge < -0.3 is 30.1 Å². The summed E-state index contributed by atoms with van der Waals surface area (Å²) in [6, 6.07) is 0. The van der Waals surface area contributed by atoms with Gasteiger partial charge in [0.25, 0.3) is 0 Å². The Morgan fingerprint density at radius 2 is 1.32 bits per heavy atom. The number of hydrogen-bond donors (Lipinski definition) is 4. The zero-order valence-electron chi connectivity index (χ0n) is 23.9. The van der Waals surface area contributed by atoms with E-state index in [4.69, 9.17) is 14.6 Å². The van der Waals surface area contributed by atoms with Gasteiger partial charge >= 0.3 is 11.9 Å². The van der Waals surface area contributed by atoms with Crippen LogP contribution in [0.2, 0.25) is 0 Å². The van der Waals surface area contributed by atoms with Crippen molar-refractivity contribution >= 4 is 35.2 Å². The molecule has 0 fully saturated rings. The summed E-state index contributed by atoms with van der Waals surface area (Å²) >= 11 is 0. The molecule has 0 heterocycles. The SMILES string of the molecule is CCCOCCOCC(=O)C[C@@H](CCC(=O)C[C@@H](CCC(=O)NCCCC[C@H](CC)C(=O)CO)C(=O)O)C(=O)O. The molecule has 0 unspecified atom stereocenters. The number of aliphatic hydroxyl groups excluding tert-OH is 1. The first kappa shape index (κ1) is 37.3. The number of carbonyl (C=O) groups is 6. The highest BCUT2D eigenvalue weighted by Crippen LogP contribution is 2.18. The van der Waals surface area contributed by atoms with E-state index in [1.54, 1.807) is 0 Å². The van der Waals surface area contributed by atoms with Crippen molar-refractivity contribution in [2.75, 3.05) is 39.6 Å². The quantitative estimate of drug-likeness (QED) is 0.105. The van der Waals surface area contributed by atoms with Crippen molar-refractivity contribution in [1.29, 1.82) is 0 Å². The van der Waals surface area contributed by atoms with E-state index in [0.717, 1.165) is 6.42 Å². The molecule has 40 heavy (non-hydrogen) atoms. The van der Waals surface area contributed by atoms with Crippen molar-refractivity contribution in [2.45, 2.75) is 84.5 Å². The average Bonchev–Trinajstić information content (AvgIpc) is 2.91. The first-order valence-electron chi connectivity index (χ1n) is 14.1. The molecule has 12 heteroatoms. The molecule has 0 aliphatic rings. The molecule has 0 bridgehead atoms. The van der Waals surface area contributed by atoms with Gasteiger partial charge in [0.2, 0.25) is 5.91 Å². The Kier molecular flexibility index (Phi) is 21.5. The van der Waals surface area contributed by atoms with E-state index in [9.17, 15) is 39.0 Å². The largest absolute Gasteiger partial charge is 0.481 e. The molecule has 0 rings (SSSR count). The number of ketones is 3. The summed E-state index contributed by atoms with van der Waals surface area (Å²) in [7, 11) is 0. The van der Waals surface area contributed by atoms with E-state index in [-0.39, 0.29) is 69.3 Å². The number of carbonyl (C=O) groups excluding carboxylic acids is 4. The molecule has 0 radical (unpaired) electrons. The van der Waals surface area contributed by atoms with Gasteiger partial charge in [0.15, 0.2) is 11.6 Å². The second-order valence-electron chi connectivity index (χ2n) is 9.87. The molecule has 230 valence electrons. The van der Waals surface area contributed by atoms with E-state index in [2.05, 4.69) is 5.32 Å². The summed E-state index contributed by atoms with van der Waals surface area (Å²) in [4.78, 5) is 71.3. The van der Waals surface area contributed by atoms with Crippen LogP contribution in [0, 0.1) is 17.8 Å². The van der Waals surface area contributed by atoms with Crippen molar-refractivity contribution in [2.24, 2.45) is 17.8 Å². The van der Waals surface area contributed by atoms with Crippen LogP contribution in [0.15, 0.2) is 0 Å². The topological polar surface area (TPSA) is 194 Å². The van der Waals surface area contributed by atoms with E-state index in [1.807, 2.05) is 13.8 Å². The molecular weight excluding hydrogens is 526 g/mol. The standard InChI is InChI=1S/C28H47NO11/c1-3-13-39-14-15-40-19-24(32)17-21(27(35)36)8-10-23(31)16-22(28(37)38)9-11-26(34)29-12-6-5-7-20(4-2)25(33)18-30/h20-22,30H,3-19H2,1-2H3,(H,29,34)(H,35,36)(H,37,38)/t20-,21+,22+/m0/s1. The maximum atomic E-state index is 12.4. The van der Waals surface area contributed by atoms with Gasteiger partial charge in [0.1, 0.15) is 19.0 Å². The monoisotopic (exact) mass is 573 g/mol. The fraction of sp³-hybridized carbons (Fsp3) is 0.786. The third kappa shape index (κ3) is 18.6. The molecule has 1 amide bonds. The summed E-state index contributed by atoms with van der Waals surface area (Å²) in [6.07, 6.45) is 2.40. The summed E-state index contributed by atoms with van der Waals surface area (Å²) in [5, 5.41) is 30.5. The lowest BCUT2D eigenvalue weighted by atomic mass is 9.91. The zero-order valence-corrected chi connectivity index (χ0v) is 23.9. The van der Waals surface area contributed by atoms with Gasteiger partial charge in [-0.25, -0.2) is 0 Å². The lowest BCUT2D eigenvalue weighted by molar-refractivity contribution is -0.146. The Balaban J connectivity index is 4.39. The predicted molar refractivity (Wildman–Crippen MR) is 145 cm³/mol. The fourth-order valence-corrected chi connectivity index (χ4v) is 4.08. The third-order valence-corrected chi connectivity index (χ3v) is 6.53. The van der Waals surface area contributed by atoms with Gasteiger partial charge in [0, 0.05) is 44.8 Å². The Bertz CT molecular complexity index is 799. The lowest BCUT2D eigenvalue weighted by Crippen LogP contribution is -2.27. The van der Waals surface area contributed by atoms with Gasteiger partial charge in [-0.1, -0.05) is 20.3 Å². The van der Waals surface area contributed by atoms with Crippen LogP contribution >= 0.6 is 0 Å². The molecule has 0 aromatic heterocycles. The second kappa shape index (κ2) is 23.0. The normalized spacial score (nSPS) is 13.3. The number of hydrogen-bond acceptors (Lipinski definition) is 9. The van der Waals surface area contributed by atoms with Crippen LogP contribution in [0.5, 0.6) is 0 Å². The summed E-state index contributed by atoms with van der Waals surface area (Å²) < 4.78 is 10.4. The number of unbranched alkanes of at least 4 members (excludes halogenated alkanes) is 1. The van der Waals surface area contributed by atoms with E-state index < -0.39 is 41.9 Å². The number of nitrogens with one attached hydrogen (secondary N) is 1. The van der Waals surface area contributed by atoms with Crippen LogP contribution in [-0.2, 0) is 38.2 Å². The number of carboxylic acids is 2. The van der Waals surface area contributed by atoms with Crippen LogP contribution in [0.1, 0.15) is 84.5 Å². The average molecular weight is 574 g/mol. The molecular formula is C28H47NO11. The first-order valence-corrected chi connectivity index (χ1v) is 14.1. The van der Waals surface area contributed by atoms with Crippen LogP contribution in [0.4, 0.5) is 0 Å². The van der Waals surface area contributed by atoms with Crippen LogP contribution < -0.4 is 5.32 Å². The van der Waals surface area contributed by atoms with Gasteiger partial charge in [-0.15, -0.1) is 0 Å². The fourth-order valence-electron chi connectivity index (χ4n) is 4.08. The summed E-state index contributed by atoms with van der Waals surface area (Å²) in [5.74, 6) is -6.19. The van der Waals surface area contributed by atoms with Crippen molar-refractivity contribution < 1.29 is 53.6 Å². The maximum Gasteiger partial charge on any atom is 0.306 e. The summed E-state index contributed by atoms with van der Waals surface area (Å²) in [6.45, 7) is 4.60. The van der Waals surface area contributed by atoms with Crippen LogP contribution in [0.25, 0.3) is 0 Å². The number of Topliss-reactive ketones (excluding diaryl/α,β-unsaturated/α-hetero) is 3. The zero-order chi connectivity index (χ0) is 30.3. The number of carboxylic acid groups (broad SMARTS) is 2. The number of rotatable bonds is 27. The van der Waals surface area contributed by atoms with E-state index in [0.29, 0.717) is 45.4 Å². The van der Waals surface area contributed by atoms with E-state index >= 15 is 0 Å². The molecule has 0 aromatic carbocycles.